The summed E-state index contributed by atoms with van der Waals surface area (Å²) < 4.78 is 0. The van der Waals surface area contributed by atoms with E-state index in [0.29, 0.717) is 6.04 Å². The van der Waals surface area contributed by atoms with E-state index in [9.17, 15) is 0 Å². The summed E-state index contributed by atoms with van der Waals surface area (Å²) >= 11 is 0. The van der Waals surface area contributed by atoms with Crippen LogP contribution in [0.15, 0.2) is 6.33 Å². The van der Waals surface area contributed by atoms with Crippen molar-refractivity contribution in [1.82, 2.24) is 9.97 Å². The minimum absolute atomic E-state index is 0.577. The largest absolute Gasteiger partial charge is 0.373 e. The average molecular weight is 262 g/mol. The molecule has 0 atom stereocenters. The van der Waals surface area contributed by atoms with E-state index in [1.54, 1.807) is 6.33 Å². The highest BCUT2D eigenvalue weighted by atomic mass is 15.1. The molecule has 2 N–H and O–H groups in total. The van der Waals surface area contributed by atoms with Crippen LogP contribution in [-0.2, 0) is 6.42 Å². The topological polar surface area (TPSA) is 49.8 Å². The molecule has 106 valence electrons. The molecule has 0 aliphatic heterocycles. The van der Waals surface area contributed by atoms with E-state index in [0.717, 1.165) is 24.0 Å². The molecule has 0 spiro atoms. The summed E-state index contributed by atoms with van der Waals surface area (Å²) in [5, 5.41) is 6.78. The highest BCUT2D eigenvalue weighted by molar-refractivity contribution is 5.57. The molecule has 2 rings (SSSR count). The Hall–Kier alpha value is -1.32. The van der Waals surface area contributed by atoms with Crippen molar-refractivity contribution in [2.45, 2.75) is 58.4 Å². The number of rotatable bonds is 5. The second-order valence-corrected chi connectivity index (χ2v) is 5.42. The zero-order chi connectivity index (χ0) is 13.7. The monoisotopic (exact) mass is 262 g/mol. The van der Waals surface area contributed by atoms with Crippen LogP contribution in [0.2, 0.25) is 0 Å². The molecule has 4 heteroatoms. The maximum Gasteiger partial charge on any atom is 0.134 e. The van der Waals surface area contributed by atoms with Gasteiger partial charge in [-0.3, -0.25) is 0 Å². The Labute approximate surface area is 116 Å². The Kier molecular flexibility index (Phi) is 5.00. The van der Waals surface area contributed by atoms with Crippen LogP contribution in [-0.4, -0.2) is 23.1 Å². The minimum atomic E-state index is 0.577. The van der Waals surface area contributed by atoms with E-state index in [4.69, 9.17) is 0 Å². The summed E-state index contributed by atoms with van der Waals surface area (Å²) in [5.74, 6) is 2.89. The molecule has 1 aromatic heterocycles. The van der Waals surface area contributed by atoms with E-state index in [2.05, 4.69) is 34.4 Å². The first-order chi connectivity index (χ1) is 9.28. The van der Waals surface area contributed by atoms with Crippen molar-refractivity contribution in [3.63, 3.8) is 0 Å². The molecule has 0 radical (unpaired) electrons. The molecule has 0 unspecified atom stereocenters. The summed E-state index contributed by atoms with van der Waals surface area (Å²) in [6.07, 6.45) is 9.14. The fraction of sp³-hybridized carbons (Fsp3) is 0.733. The van der Waals surface area contributed by atoms with Crippen molar-refractivity contribution < 1.29 is 0 Å². The highest BCUT2D eigenvalue weighted by Crippen LogP contribution is 2.29. The normalized spacial score (nSPS) is 23.1. The number of hydrogen-bond acceptors (Lipinski definition) is 4. The van der Waals surface area contributed by atoms with E-state index in [1.165, 1.54) is 37.7 Å². The number of nitrogens with one attached hydrogen (secondary N) is 2. The number of anilines is 2. The summed E-state index contributed by atoms with van der Waals surface area (Å²) in [6.45, 7) is 4.45. The summed E-state index contributed by atoms with van der Waals surface area (Å²) in [4.78, 5) is 8.71. The van der Waals surface area contributed by atoms with Crippen LogP contribution in [0.25, 0.3) is 0 Å². The highest BCUT2D eigenvalue weighted by Gasteiger charge is 2.21. The van der Waals surface area contributed by atoms with Gasteiger partial charge >= 0.3 is 0 Å². The van der Waals surface area contributed by atoms with Gasteiger partial charge in [-0.15, -0.1) is 0 Å². The van der Waals surface area contributed by atoms with Gasteiger partial charge in [0.2, 0.25) is 0 Å². The van der Waals surface area contributed by atoms with Gasteiger partial charge < -0.3 is 10.6 Å². The van der Waals surface area contributed by atoms with Gasteiger partial charge in [-0.05, 0) is 38.0 Å². The molecule has 1 aliphatic carbocycles. The summed E-state index contributed by atoms with van der Waals surface area (Å²) in [6, 6.07) is 0.577. The standard InChI is InChI=1S/C15H26N4/c1-4-11-6-8-12(9-7-11)19-15-13(5-2)14(16-3)17-10-18-15/h10-12H,4-9H2,1-3H3,(H2,16,17,18,19). The van der Waals surface area contributed by atoms with Gasteiger partial charge in [0.25, 0.3) is 0 Å². The van der Waals surface area contributed by atoms with Gasteiger partial charge in [0.15, 0.2) is 0 Å². The molecule has 4 nitrogen and oxygen atoms in total. The van der Waals surface area contributed by atoms with Gasteiger partial charge in [-0.1, -0.05) is 20.3 Å². The number of hydrogen-bond donors (Lipinski definition) is 2. The van der Waals surface area contributed by atoms with Gasteiger partial charge in [0.05, 0.1) is 0 Å². The molecular formula is C15H26N4. The smallest absolute Gasteiger partial charge is 0.134 e. The lowest BCUT2D eigenvalue weighted by Crippen LogP contribution is -2.27. The lowest BCUT2D eigenvalue weighted by Gasteiger charge is -2.29. The molecule has 0 bridgehead atoms. The Morgan fingerprint density at radius 1 is 1.11 bits per heavy atom. The minimum Gasteiger partial charge on any atom is -0.373 e. The van der Waals surface area contributed by atoms with Crippen LogP contribution in [0.4, 0.5) is 11.6 Å². The van der Waals surface area contributed by atoms with Crippen LogP contribution >= 0.6 is 0 Å². The zero-order valence-corrected chi connectivity index (χ0v) is 12.4. The van der Waals surface area contributed by atoms with Crippen molar-refractivity contribution in [2.24, 2.45) is 5.92 Å². The molecule has 1 saturated carbocycles. The van der Waals surface area contributed by atoms with Crippen LogP contribution in [0.1, 0.15) is 51.5 Å². The fourth-order valence-electron chi connectivity index (χ4n) is 3.00. The predicted octanol–water partition coefficient (Wildman–Crippen LogP) is 3.46. The van der Waals surface area contributed by atoms with E-state index >= 15 is 0 Å². The van der Waals surface area contributed by atoms with Gasteiger partial charge in [0.1, 0.15) is 18.0 Å². The fourth-order valence-corrected chi connectivity index (χ4v) is 3.00. The third kappa shape index (κ3) is 3.37. The van der Waals surface area contributed by atoms with Crippen LogP contribution in [0.3, 0.4) is 0 Å². The van der Waals surface area contributed by atoms with Gasteiger partial charge in [0, 0.05) is 18.7 Å². The third-order valence-corrected chi connectivity index (χ3v) is 4.30. The zero-order valence-electron chi connectivity index (χ0n) is 12.4. The molecule has 1 heterocycles. The van der Waals surface area contributed by atoms with Gasteiger partial charge in [-0.2, -0.15) is 0 Å². The van der Waals surface area contributed by atoms with Crippen molar-refractivity contribution in [1.29, 1.82) is 0 Å². The molecule has 19 heavy (non-hydrogen) atoms. The van der Waals surface area contributed by atoms with Crippen LogP contribution in [0, 0.1) is 5.92 Å². The maximum absolute atomic E-state index is 4.43. The van der Waals surface area contributed by atoms with Crippen molar-refractivity contribution in [3.8, 4) is 0 Å². The SMILES string of the molecule is CCc1c(NC)ncnc1NC1CCC(CC)CC1. The third-order valence-electron chi connectivity index (χ3n) is 4.30. The second kappa shape index (κ2) is 6.73. The Morgan fingerprint density at radius 2 is 1.79 bits per heavy atom. The number of nitrogens with zero attached hydrogens (tertiary/aromatic N) is 2. The van der Waals surface area contributed by atoms with E-state index in [-0.39, 0.29) is 0 Å². The Balaban J connectivity index is 2.03. The predicted molar refractivity (Wildman–Crippen MR) is 80.6 cm³/mol. The van der Waals surface area contributed by atoms with Crippen LogP contribution < -0.4 is 10.6 Å². The lowest BCUT2D eigenvalue weighted by molar-refractivity contribution is 0.329. The Morgan fingerprint density at radius 3 is 2.37 bits per heavy atom. The lowest BCUT2D eigenvalue weighted by atomic mass is 9.84. The van der Waals surface area contributed by atoms with E-state index < -0.39 is 0 Å². The van der Waals surface area contributed by atoms with E-state index in [1.807, 2.05) is 7.05 Å². The van der Waals surface area contributed by atoms with Crippen LogP contribution in [0.5, 0.6) is 0 Å². The molecule has 0 aromatic carbocycles. The van der Waals surface area contributed by atoms with Crippen molar-refractivity contribution in [3.05, 3.63) is 11.9 Å². The van der Waals surface area contributed by atoms with Crippen molar-refractivity contribution in [2.75, 3.05) is 17.7 Å². The summed E-state index contributed by atoms with van der Waals surface area (Å²) in [5.41, 5.74) is 1.20. The van der Waals surface area contributed by atoms with Crippen molar-refractivity contribution >= 4 is 11.6 Å². The average Bonchev–Trinajstić information content (AvgIpc) is 2.47. The molecular weight excluding hydrogens is 236 g/mol. The maximum atomic E-state index is 4.43. The molecule has 1 aliphatic rings. The second-order valence-electron chi connectivity index (χ2n) is 5.42. The first-order valence-electron chi connectivity index (χ1n) is 7.56. The van der Waals surface area contributed by atoms with Gasteiger partial charge in [-0.25, -0.2) is 9.97 Å². The molecule has 1 aromatic rings. The molecule has 0 amide bonds. The molecule has 1 fully saturated rings. The number of aromatic nitrogens is 2. The first-order valence-corrected chi connectivity index (χ1v) is 7.56. The Bertz CT molecular complexity index is 397. The summed E-state index contributed by atoms with van der Waals surface area (Å²) in [7, 11) is 1.91. The molecule has 0 saturated heterocycles. The quantitative estimate of drug-likeness (QED) is 0.853. The first kappa shape index (κ1) is 14.1.